The number of Topliss-reactive ketones (excluding diaryl/α,β-unsaturated/α-hetero) is 1. The van der Waals surface area contributed by atoms with Crippen LogP contribution in [0.3, 0.4) is 0 Å². The van der Waals surface area contributed by atoms with Crippen molar-refractivity contribution in [3.8, 4) is 0 Å². The van der Waals surface area contributed by atoms with Crippen LogP contribution in [0.15, 0.2) is 48.5 Å². The maximum atomic E-state index is 13.6. The van der Waals surface area contributed by atoms with E-state index in [2.05, 4.69) is 25.1 Å². The van der Waals surface area contributed by atoms with Crippen molar-refractivity contribution in [2.75, 3.05) is 5.88 Å². The lowest BCUT2D eigenvalue weighted by atomic mass is 9.84. The zero-order valence-corrected chi connectivity index (χ0v) is 19.0. The number of carbonyl (C=O) groups excluding carboxylic acids is 2. The van der Waals surface area contributed by atoms with Crippen LogP contribution in [0.25, 0.3) is 10.9 Å². The van der Waals surface area contributed by atoms with Crippen molar-refractivity contribution in [2.24, 2.45) is 5.92 Å². The van der Waals surface area contributed by atoms with E-state index in [9.17, 15) is 9.59 Å². The highest BCUT2D eigenvalue weighted by atomic mass is 35.5. The summed E-state index contributed by atoms with van der Waals surface area (Å²) in [6.07, 6.45) is 8.16. The zero-order valence-electron chi connectivity index (χ0n) is 18.2. The second-order valence-electron chi connectivity index (χ2n) is 8.63. The molecule has 0 amide bonds. The van der Waals surface area contributed by atoms with Crippen LogP contribution >= 0.6 is 11.6 Å². The largest absolute Gasteiger partial charge is 0.298 e. The second kappa shape index (κ2) is 9.82. The molecule has 1 aliphatic carbocycles. The van der Waals surface area contributed by atoms with E-state index in [-0.39, 0.29) is 23.5 Å². The summed E-state index contributed by atoms with van der Waals surface area (Å²) in [6.45, 7) is 2.22. The lowest BCUT2D eigenvalue weighted by molar-refractivity contribution is -0.120. The average Bonchev–Trinajstić information content (AvgIpc) is 3.15. The predicted octanol–water partition coefficient (Wildman–Crippen LogP) is 6.37. The van der Waals surface area contributed by atoms with Crippen LogP contribution in [0.2, 0.25) is 0 Å². The minimum absolute atomic E-state index is 0.0112. The topological polar surface area (TPSA) is 39.1 Å². The first kappa shape index (κ1) is 21.8. The number of unbranched alkanes of at least 4 members (excludes halogenated alkanes) is 3. The van der Waals surface area contributed by atoms with Crippen LogP contribution in [0, 0.1) is 5.92 Å². The highest BCUT2D eigenvalue weighted by Gasteiger charge is 2.30. The van der Waals surface area contributed by atoms with E-state index in [1.807, 2.05) is 34.9 Å². The van der Waals surface area contributed by atoms with Crippen molar-refractivity contribution < 1.29 is 9.59 Å². The SMILES string of the molecule is CCCCCCc1ccc(C(=O)n2c3c(c4ccccc42)CC(C(=O)CCl)CC3)cc1. The number of halogens is 1. The Morgan fingerprint density at radius 1 is 1.03 bits per heavy atom. The molecule has 0 aliphatic heterocycles. The van der Waals surface area contributed by atoms with Gasteiger partial charge in [-0.3, -0.25) is 14.2 Å². The molecule has 1 unspecified atom stereocenters. The van der Waals surface area contributed by atoms with Gasteiger partial charge in [-0.2, -0.15) is 0 Å². The highest BCUT2D eigenvalue weighted by Crippen LogP contribution is 2.35. The van der Waals surface area contributed by atoms with Crippen molar-refractivity contribution in [1.82, 2.24) is 4.57 Å². The van der Waals surface area contributed by atoms with Gasteiger partial charge in [0.1, 0.15) is 0 Å². The Bertz CT molecular complexity index is 1080. The van der Waals surface area contributed by atoms with Gasteiger partial charge in [-0.05, 0) is 61.4 Å². The number of rotatable bonds is 8. The molecule has 31 heavy (non-hydrogen) atoms. The van der Waals surface area contributed by atoms with Gasteiger partial charge < -0.3 is 0 Å². The quantitative estimate of drug-likeness (QED) is 0.305. The molecule has 3 nitrogen and oxygen atoms in total. The number of hydrogen-bond acceptors (Lipinski definition) is 2. The molecule has 4 heteroatoms. The second-order valence-corrected chi connectivity index (χ2v) is 8.90. The maximum Gasteiger partial charge on any atom is 0.262 e. The Morgan fingerprint density at radius 3 is 2.55 bits per heavy atom. The van der Waals surface area contributed by atoms with Gasteiger partial charge >= 0.3 is 0 Å². The lowest BCUT2D eigenvalue weighted by Crippen LogP contribution is -2.25. The number of alkyl halides is 1. The van der Waals surface area contributed by atoms with Crippen LogP contribution in [0.5, 0.6) is 0 Å². The molecule has 0 N–H and O–H groups in total. The summed E-state index contributed by atoms with van der Waals surface area (Å²) >= 11 is 5.82. The van der Waals surface area contributed by atoms with E-state index in [4.69, 9.17) is 11.6 Å². The number of carbonyl (C=O) groups is 2. The standard InChI is InChI=1S/C27H30ClNO2/c1-2-3-4-5-8-19-11-13-20(14-12-19)27(31)29-24-10-7-6-9-22(24)23-17-21(26(30)18-28)15-16-25(23)29/h6-7,9-14,21H,2-5,8,15-18H2,1H3. The summed E-state index contributed by atoms with van der Waals surface area (Å²) in [5.74, 6) is 0.121. The maximum absolute atomic E-state index is 13.6. The summed E-state index contributed by atoms with van der Waals surface area (Å²) in [5, 5.41) is 1.07. The fourth-order valence-corrected chi connectivity index (χ4v) is 5.04. The number of para-hydroxylation sites is 1. The van der Waals surface area contributed by atoms with Crippen LogP contribution in [-0.4, -0.2) is 22.1 Å². The van der Waals surface area contributed by atoms with Crippen molar-refractivity contribution in [1.29, 1.82) is 0 Å². The molecule has 1 heterocycles. The molecule has 162 valence electrons. The molecule has 0 radical (unpaired) electrons. The van der Waals surface area contributed by atoms with Gasteiger partial charge in [-0.1, -0.05) is 56.5 Å². The zero-order chi connectivity index (χ0) is 21.8. The number of aromatic nitrogens is 1. The fourth-order valence-electron chi connectivity index (χ4n) is 4.82. The van der Waals surface area contributed by atoms with Crippen LogP contribution in [-0.2, 0) is 24.1 Å². The number of benzene rings is 2. The Labute approximate surface area is 189 Å². The molecule has 0 fully saturated rings. The van der Waals surface area contributed by atoms with Crippen molar-refractivity contribution in [3.63, 3.8) is 0 Å². The van der Waals surface area contributed by atoms with E-state index < -0.39 is 0 Å². The van der Waals surface area contributed by atoms with E-state index in [1.165, 1.54) is 31.2 Å². The third-order valence-electron chi connectivity index (χ3n) is 6.58. The molecule has 3 aromatic rings. The minimum atomic E-state index is -0.0497. The van der Waals surface area contributed by atoms with Crippen LogP contribution < -0.4 is 0 Å². The molecule has 0 spiro atoms. The van der Waals surface area contributed by atoms with Gasteiger partial charge in [-0.15, -0.1) is 11.6 Å². The fraction of sp³-hybridized carbons (Fsp3) is 0.407. The molecular weight excluding hydrogens is 406 g/mol. The van der Waals surface area contributed by atoms with Gasteiger partial charge in [0, 0.05) is 22.6 Å². The van der Waals surface area contributed by atoms with Gasteiger partial charge in [0.05, 0.1) is 11.4 Å². The molecule has 2 aromatic carbocycles. The number of nitrogens with zero attached hydrogens (tertiary/aromatic N) is 1. The van der Waals surface area contributed by atoms with Crippen molar-refractivity contribution in [2.45, 2.75) is 58.3 Å². The molecule has 0 saturated carbocycles. The first-order chi connectivity index (χ1) is 15.1. The van der Waals surface area contributed by atoms with E-state index in [0.717, 1.165) is 41.4 Å². The summed E-state index contributed by atoms with van der Waals surface area (Å²) in [7, 11) is 0. The van der Waals surface area contributed by atoms with Crippen LogP contribution in [0.1, 0.15) is 66.2 Å². The van der Waals surface area contributed by atoms with Gasteiger partial charge in [0.2, 0.25) is 0 Å². The number of ketones is 1. The summed E-state index contributed by atoms with van der Waals surface area (Å²) in [6, 6.07) is 16.1. The van der Waals surface area contributed by atoms with Gasteiger partial charge in [0.25, 0.3) is 5.91 Å². The van der Waals surface area contributed by atoms with E-state index in [1.54, 1.807) is 0 Å². The average molecular weight is 436 g/mol. The number of aryl methyl sites for hydroxylation is 1. The Balaban J connectivity index is 1.63. The van der Waals surface area contributed by atoms with E-state index >= 15 is 0 Å². The first-order valence-electron chi connectivity index (χ1n) is 11.5. The minimum Gasteiger partial charge on any atom is -0.298 e. The molecule has 0 bridgehead atoms. The Kier molecular flexibility index (Phi) is 6.92. The molecule has 4 rings (SSSR count). The summed E-state index contributed by atoms with van der Waals surface area (Å²) in [4.78, 5) is 25.8. The summed E-state index contributed by atoms with van der Waals surface area (Å²) < 4.78 is 1.88. The molecule has 1 aliphatic rings. The third-order valence-corrected chi connectivity index (χ3v) is 6.84. The van der Waals surface area contributed by atoms with E-state index in [0.29, 0.717) is 12.0 Å². The molecule has 1 aromatic heterocycles. The monoisotopic (exact) mass is 435 g/mol. The van der Waals surface area contributed by atoms with Crippen molar-refractivity contribution in [3.05, 3.63) is 70.9 Å². The Morgan fingerprint density at radius 2 is 1.81 bits per heavy atom. The lowest BCUT2D eigenvalue weighted by Gasteiger charge is -2.22. The van der Waals surface area contributed by atoms with Gasteiger partial charge in [-0.25, -0.2) is 0 Å². The molecular formula is C27H30ClNO2. The van der Waals surface area contributed by atoms with Crippen LogP contribution in [0.4, 0.5) is 0 Å². The predicted molar refractivity (Wildman–Crippen MR) is 127 cm³/mol. The first-order valence-corrected chi connectivity index (χ1v) is 12.0. The Hall–Kier alpha value is -2.39. The highest BCUT2D eigenvalue weighted by molar-refractivity contribution is 6.28. The smallest absolute Gasteiger partial charge is 0.262 e. The molecule has 0 saturated heterocycles. The third kappa shape index (κ3) is 4.48. The number of hydrogen-bond donors (Lipinski definition) is 0. The van der Waals surface area contributed by atoms with Crippen molar-refractivity contribution >= 4 is 34.2 Å². The summed E-state index contributed by atoms with van der Waals surface area (Å²) in [5.41, 5.74) is 5.11. The molecule has 1 atom stereocenters. The number of fused-ring (bicyclic) bond motifs is 3. The van der Waals surface area contributed by atoms with Gasteiger partial charge in [0.15, 0.2) is 5.78 Å². The normalized spacial score (nSPS) is 15.7.